The second kappa shape index (κ2) is 6.70. The molecule has 3 heterocycles. The van der Waals surface area contributed by atoms with E-state index in [1.54, 1.807) is 0 Å². The number of amides is 2. The number of aromatic amines is 1. The number of piperidine rings is 1. The largest absolute Gasteiger partial charge is 0.342 e. The Bertz CT molecular complexity index is 632. The number of H-pyrrole nitrogens is 1. The third kappa shape index (κ3) is 3.27. The molecule has 8 heteroatoms. The van der Waals surface area contributed by atoms with Crippen molar-refractivity contribution in [2.24, 2.45) is 5.41 Å². The van der Waals surface area contributed by atoms with E-state index in [0.717, 1.165) is 25.8 Å². The van der Waals surface area contributed by atoms with E-state index in [0.29, 0.717) is 31.8 Å². The molecule has 7 nitrogen and oxygen atoms in total. The number of aromatic nitrogens is 3. The minimum Gasteiger partial charge on any atom is -0.342 e. The topological polar surface area (TPSA) is 82.2 Å². The Hall–Kier alpha value is -1.63. The summed E-state index contributed by atoms with van der Waals surface area (Å²) in [5.41, 5.74) is -0.367. The SMILES string of the molecule is CC(C)N1CCC[C@@]2(CCN(C(=O)CCc3nc(Cl)n[nH]3)C2)C1=O. The first-order chi connectivity index (χ1) is 11.4. The fourth-order valence-corrected chi connectivity index (χ4v) is 3.97. The number of carbonyl (C=O) groups excluding carboxylic acids is 2. The van der Waals surface area contributed by atoms with Gasteiger partial charge in [0.25, 0.3) is 0 Å². The van der Waals surface area contributed by atoms with Crippen molar-refractivity contribution in [3.63, 3.8) is 0 Å². The molecule has 1 aromatic rings. The first-order valence-corrected chi connectivity index (χ1v) is 8.95. The lowest BCUT2D eigenvalue weighted by Gasteiger charge is -2.41. The van der Waals surface area contributed by atoms with Crippen LogP contribution < -0.4 is 0 Å². The molecule has 2 amide bonds. The first-order valence-electron chi connectivity index (χ1n) is 8.57. The molecule has 0 radical (unpaired) electrons. The zero-order valence-corrected chi connectivity index (χ0v) is 15.0. The van der Waals surface area contributed by atoms with E-state index >= 15 is 0 Å². The van der Waals surface area contributed by atoms with Gasteiger partial charge >= 0.3 is 0 Å². The molecule has 0 aliphatic carbocycles. The van der Waals surface area contributed by atoms with Crippen molar-refractivity contribution < 1.29 is 9.59 Å². The Balaban J connectivity index is 1.59. The van der Waals surface area contributed by atoms with Crippen LogP contribution in [0.25, 0.3) is 0 Å². The van der Waals surface area contributed by atoms with E-state index in [9.17, 15) is 9.59 Å². The van der Waals surface area contributed by atoms with Gasteiger partial charge in [-0.1, -0.05) is 0 Å². The summed E-state index contributed by atoms with van der Waals surface area (Å²) in [6.07, 6.45) is 3.51. The van der Waals surface area contributed by atoms with Crippen molar-refractivity contribution >= 4 is 23.4 Å². The average molecular weight is 354 g/mol. The molecular weight excluding hydrogens is 330 g/mol. The molecule has 24 heavy (non-hydrogen) atoms. The lowest BCUT2D eigenvalue weighted by atomic mass is 9.78. The van der Waals surface area contributed by atoms with Crippen LogP contribution >= 0.6 is 11.6 Å². The fourth-order valence-electron chi connectivity index (χ4n) is 3.82. The Morgan fingerprint density at radius 1 is 1.38 bits per heavy atom. The summed E-state index contributed by atoms with van der Waals surface area (Å²) in [5, 5.41) is 6.62. The van der Waals surface area contributed by atoms with Crippen LogP contribution in [0, 0.1) is 5.41 Å². The smallest absolute Gasteiger partial charge is 0.242 e. The molecule has 2 saturated heterocycles. The van der Waals surface area contributed by atoms with Gasteiger partial charge in [0, 0.05) is 38.5 Å². The zero-order chi connectivity index (χ0) is 17.3. The quantitative estimate of drug-likeness (QED) is 0.892. The van der Waals surface area contributed by atoms with Crippen molar-refractivity contribution in [1.82, 2.24) is 25.0 Å². The number of hydrogen-bond donors (Lipinski definition) is 1. The number of nitrogens with one attached hydrogen (secondary N) is 1. The number of carbonyl (C=O) groups is 2. The molecule has 132 valence electrons. The van der Waals surface area contributed by atoms with Crippen LogP contribution in [0.3, 0.4) is 0 Å². The van der Waals surface area contributed by atoms with Gasteiger partial charge in [-0.05, 0) is 44.7 Å². The number of hydrogen-bond acceptors (Lipinski definition) is 4. The summed E-state index contributed by atoms with van der Waals surface area (Å²) in [4.78, 5) is 33.2. The molecule has 0 aromatic carbocycles. The fraction of sp³-hybridized carbons (Fsp3) is 0.750. The minimum absolute atomic E-state index is 0.0638. The van der Waals surface area contributed by atoms with Gasteiger partial charge in [-0.2, -0.15) is 0 Å². The highest BCUT2D eigenvalue weighted by atomic mass is 35.5. The maximum absolute atomic E-state index is 12.9. The minimum atomic E-state index is -0.367. The summed E-state index contributed by atoms with van der Waals surface area (Å²) in [6.45, 7) is 6.14. The zero-order valence-electron chi connectivity index (χ0n) is 14.2. The molecule has 2 aliphatic rings. The predicted molar refractivity (Wildman–Crippen MR) is 89.4 cm³/mol. The monoisotopic (exact) mass is 353 g/mol. The normalized spacial score (nSPS) is 24.4. The lowest BCUT2D eigenvalue weighted by Crippen LogP contribution is -2.52. The molecule has 1 N–H and O–H groups in total. The third-order valence-electron chi connectivity index (χ3n) is 5.18. The van der Waals surface area contributed by atoms with Gasteiger partial charge in [0.15, 0.2) is 0 Å². The van der Waals surface area contributed by atoms with Crippen molar-refractivity contribution in [3.8, 4) is 0 Å². The van der Waals surface area contributed by atoms with E-state index in [1.165, 1.54) is 0 Å². The van der Waals surface area contributed by atoms with Gasteiger partial charge in [-0.3, -0.25) is 14.7 Å². The summed E-state index contributed by atoms with van der Waals surface area (Å²) < 4.78 is 0. The number of rotatable bonds is 4. The van der Waals surface area contributed by atoms with E-state index in [-0.39, 0.29) is 28.6 Å². The van der Waals surface area contributed by atoms with Gasteiger partial charge in [-0.15, -0.1) is 5.10 Å². The molecule has 1 aromatic heterocycles. The van der Waals surface area contributed by atoms with Crippen LogP contribution in [0.1, 0.15) is 45.4 Å². The number of halogens is 1. The standard InChI is InChI=1S/C16H24ClN5O2/c1-11(2)22-8-3-6-16(14(22)24)7-9-21(10-16)13(23)5-4-12-18-15(17)20-19-12/h11H,3-10H2,1-2H3,(H,18,19,20)/t16-/m0/s1. The Morgan fingerprint density at radius 2 is 2.17 bits per heavy atom. The molecule has 0 saturated carbocycles. The number of nitrogens with zero attached hydrogens (tertiary/aromatic N) is 4. The summed E-state index contributed by atoms with van der Waals surface area (Å²) in [6, 6.07) is 0.218. The van der Waals surface area contributed by atoms with Crippen molar-refractivity contribution in [3.05, 3.63) is 11.1 Å². The molecule has 0 unspecified atom stereocenters. The van der Waals surface area contributed by atoms with Crippen LogP contribution in [-0.2, 0) is 16.0 Å². The van der Waals surface area contributed by atoms with Gasteiger partial charge in [-0.25, -0.2) is 4.98 Å². The number of aryl methyl sites for hydroxylation is 1. The Kier molecular flexibility index (Phi) is 4.80. The Morgan fingerprint density at radius 3 is 2.83 bits per heavy atom. The summed E-state index contributed by atoms with van der Waals surface area (Å²) in [7, 11) is 0. The van der Waals surface area contributed by atoms with E-state index < -0.39 is 0 Å². The highest BCUT2D eigenvalue weighted by Crippen LogP contribution is 2.40. The summed E-state index contributed by atoms with van der Waals surface area (Å²) in [5.74, 6) is 0.900. The highest BCUT2D eigenvalue weighted by Gasteiger charge is 2.49. The van der Waals surface area contributed by atoms with Crippen LogP contribution in [0.2, 0.25) is 5.28 Å². The molecule has 1 atom stereocenters. The summed E-state index contributed by atoms with van der Waals surface area (Å²) >= 11 is 5.66. The van der Waals surface area contributed by atoms with Crippen molar-refractivity contribution in [2.45, 2.75) is 52.0 Å². The van der Waals surface area contributed by atoms with Crippen LogP contribution in [0.15, 0.2) is 0 Å². The number of likely N-dealkylation sites (tertiary alicyclic amines) is 2. The van der Waals surface area contributed by atoms with Crippen LogP contribution in [-0.4, -0.2) is 62.5 Å². The van der Waals surface area contributed by atoms with Crippen LogP contribution in [0.5, 0.6) is 0 Å². The molecule has 2 fully saturated rings. The highest BCUT2D eigenvalue weighted by molar-refractivity contribution is 6.28. The van der Waals surface area contributed by atoms with Crippen molar-refractivity contribution in [1.29, 1.82) is 0 Å². The Labute approximate surface area is 146 Å². The van der Waals surface area contributed by atoms with Gasteiger partial charge in [0.05, 0.1) is 5.41 Å². The molecule has 1 spiro atoms. The molecule has 3 rings (SSSR count). The molecule has 2 aliphatic heterocycles. The predicted octanol–water partition coefficient (Wildman–Crippen LogP) is 1.64. The van der Waals surface area contributed by atoms with Crippen molar-refractivity contribution in [2.75, 3.05) is 19.6 Å². The van der Waals surface area contributed by atoms with E-state index in [2.05, 4.69) is 29.0 Å². The maximum Gasteiger partial charge on any atom is 0.242 e. The second-order valence-electron chi connectivity index (χ2n) is 7.09. The van der Waals surface area contributed by atoms with E-state index in [1.807, 2.05) is 9.80 Å². The van der Waals surface area contributed by atoms with Gasteiger partial charge < -0.3 is 9.80 Å². The maximum atomic E-state index is 12.9. The van der Waals surface area contributed by atoms with Crippen LogP contribution in [0.4, 0.5) is 0 Å². The van der Waals surface area contributed by atoms with E-state index in [4.69, 9.17) is 11.6 Å². The first kappa shape index (κ1) is 17.2. The molecule has 0 bridgehead atoms. The molecular formula is C16H24ClN5O2. The van der Waals surface area contributed by atoms with Gasteiger partial charge in [0.2, 0.25) is 17.1 Å². The average Bonchev–Trinajstić information content (AvgIpc) is 3.15. The lowest BCUT2D eigenvalue weighted by molar-refractivity contribution is -0.148. The third-order valence-corrected chi connectivity index (χ3v) is 5.35. The second-order valence-corrected chi connectivity index (χ2v) is 7.43. The van der Waals surface area contributed by atoms with Gasteiger partial charge in [0.1, 0.15) is 5.82 Å².